The fourth-order valence-electron chi connectivity index (χ4n) is 4.28. The van der Waals surface area contributed by atoms with Crippen LogP contribution in [0.1, 0.15) is 67.7 Å². The summed E-state index contributed by atoms with van der Waals surface area (Å²) in [4.78, 5) is 74.3. The fraction of sp³-hybridized carbons (Fsp3) is 0.793. The number of ether oxygens (including phenoxy) is 1. The van der Waals surface area contributed by atoms with E-state index in [-0.39, 0.29) is 12.3 Å². The summed E-state index contributed by atoms with van der Waals surface area (Å²) >= 11 is 0. The largest absolute Gasteiger partial charge is 0.469 e. The SMILES string of the molecule is COC(=O)C[C@H](O)[C@@H](NC(=O)[C@H](C)NC(=O)C[C@H](O)[C@@H](NC(=O)[C@@H](NC(=O)[C@@H](NC(=O)CC(C)C)C(C)C)C(C)C)C(F)(F)F)C(F)(F)F. The van der Waals surface area contributed by atoms with Crippen molar-refractivity contribution in [2.45, 2.75) is 122 Å². The molecule has 0 saturated heterocycles. The van der Waals surface area contributed by atoms with Gasteiger partial charge in [-0.25, -0.2) is 0 Å². The van der Waals surface area contributed by atoms with Gasteiger partial charge in [0.25, 0.3) is 0 Å². The maximum atomic E-state index is 14.0. The first kappa shape index (κ1) is 45.3. The molecule has 284 valence electrons. The van der Waals surface area contributed by atoms with Crippen molar-refractivity contribution in [2.24, 2.45) is 17.8 Å². The molecule has 14 nitrogen and oxygen atoms in total. The number of rotatable bonds is 18. The number of hydrogen-bond donors (Lipinski definition) is 7. The number of aliphatic hydroxyl groups is 2. The van der Waals surface area contributed by atoms with Gasteiger partial charge in [-0.3, -0.25) is 28.8 Å². The minimum atomic E-state index is -5.36. The highest BCUT2D eigenvalue weighted by atomic mass is 19.4. The Morgan fingerprint density at radius 3 is 1.37 bits per heavy atom. The Balaban J connectivity index is 5.71. The zero-order valence-corrected chi connectivity index (χ0v) is 28.4. The number of alkyl halides is 6. The average molecular weight is 724 g/mol. The molecule has 0 saturated carbocycles. The Kier molecular flexibility index (Phi) is 18.0. The van der Waals surface area contributed by atoms with Crippen molar-refractivity contribution in [3.8, 4) is 0 Å². The van der Waals surface area contributed by atoms with Gasteiger partial charge >= 0.3 is 18.3 Å². The molecule has 0 unspecified atom stereocenters. The van der Waals surface area contributed by atoms with Crippen LogP contribution in [0, 0.1) is 17.8 Å². The third-order valence-corrected chi connectivity index (χ3v) is 6.95. The van der Waals surface area contributed by atoms with E-state index in [4.69, 9.17) is 0 Å². The van der Waals surface area contributed by atoms with Crippen LogP contribution in [0.3, 0.4) is 0 Å². The molecule has 5 amide bonds. The lowest BCUT2D eigenvalue weighted by Crippen LogP contribution is -2.61. The molecule has 0 bridgehead atoms. The zero-order valence-electron chi connectivity index (χ0n) is 28.4. The molecule has 0 aliphatic heterocycles. The highest BCUT2D eigenvalue weighted by molar-refractivity contribution is 5.92. The molecule has 0 aromatic rings. The van der Waals surface area contributed by atoms with Crippen LogP contribution in [0.25, 0.3) is 0 Å². The quantitative estimate of drug-likeness (QED) is 0.0778. The number of amides is 5. The number of aliphatic hydroxyl groups excluding tert-OH is 2. The molecule has 0 aromatic heterocycles. The highest BCUT2D eigenvalue weighted by Gasteiger charge is 2.48. The molecule has 0 fully saturated rings. The van der Waals surface area contributed by atoms with Crippen molar-refractivity contribution in [2.75, 3.05) is 7.11 Å². The Hall–Kier alpha value is -3.68. The lowest BCUT2D eigenvalue weighted by molar-refractivity contribution is -0.184. The molecule has 7 N–H and O–H groups in total. The monoisotopic (exact) mass is 723 g/mol. The van der Waals surface area contributed by atoms with E-state index in [1.54, 1.807) is 33.0 Å². The lowest BCUT2D eigenvalue weighted by Gasteiger charge is -2.31. The van der Waals surface area contributed by atoms with Crippen molar-refractivity contribution in [1.29, 1.82) is 0 Å². The molecule has 0 aromatic carbocycles. The van der Waals surface area contributed by atoms with E-state index in [1.807, 2.05) is 5.32 Å². The average Bonchev–Trinajstić information content (AvgIpc) is 2.93. The van der Waals surface area contributed by atoms with Gasteiger partial charge in [-0.05, 0) is 24.7 Å². The van der Waals surface area contributed by atoms with E-state index in [2.05, 4.69) is 15.4 Å². The Morgan fingerprint density at radius 2 is 0.959 bits per heavy atom. The smallest absolute Gasteiger partial charge is 0.411 e. The number of halogens is 6. The number of carbonyl (C=O) groups is 6. The van der Waals surface area contributed by atoms with Crippen LogP contribution in [0.2, 0.25) is 0 Å². The first-order valence-electron chi connectivity index (χ1n) is 15.3. The van der Waals surface area contributed by atoms with Crippen molar-refractivity contribution in [1.82, 2.24) is 26.6 Å². The number of hydrogen-bond acceptors (Lipinski definition) is 9. The van der Waals surface area contributed by atoms with E-state index < -0.39 is 115 Å². The molecular formula is C29H47F6N5O9. The lowest BCUT2D eigenvalue weighted by atomic mass is 9.98. The van der Waals surface area contributed by atoms with Gasteiger partial charge in [0.2, 0.25) is 29.5 Å². The van der Waals surface area contributed by atoms with Gasteiger partial charge in [-0.2, -0.15) is 26.3 Å². The highest BCUT2D eigenvalue weighted by Crippen LogP contribution is 2.26. The predicted octanol–water partition coefficient (Wildman–Crippen LogP) is 0.588. The van der Waals surface area contributed by atoms with E-state index in [9.17, 15) is 65.3 Å². The minimum absolute atomic E-state index is 0.0432. The number of methoxy groups -OCH3 is 1. The summed E-state index contributed by atoms with van der Waals surface area (Å²) in [5.74, 6) is -8.26. The molecular weight excluding hydrogens is 676 g/mol. The summed E-state index contributed by atoms with van der Waals surface area (Å²) in [6.07, 6.45) is -18.3. The second-order valence-corrected chi connectivity index (χ2v) is 12.6. The van der Waals surface area contributed by atoms with Gasteiger partial charge in [0.1, 0.15) is 18.1 Å². The zero-order chi connectivity index (χ0) is 38.6. The topological polar surface area (TPSA) is 212 Å². The number of carbonyl (C=O) groups excluding carboxylic acids is 6. The predicted molar refractivity (Wildman–Crippen MR) is 160 cm³/mol. The summed E-state index contributed by atoms with van der Waals surface area (Å²) in [7, 11) is 0.845. The molecule has 7 atom stereocenters. The Labute approximate surface area is 279 Å². The van der Waals surface area contributed by atoms with Gasteiger partial charge in [0, 0.05) is 6.42 Å². The summed E-state index contributed by atoms with van der Waals surface area (Å²) in [6.45, 7) is 10.4. The summed E-state index contributed by atoms with van der Waals surface area (Å²) < 4.78 is 86.3. The molecule has 0 heterocycles. The first-order valence-corrected chi connectivity index (χ1v) is 15.3. The fourth-order valence-corrected chi connectivity index (χ4v) is 4.28. The molecule has 0 aliphatic rings. The third-order valence-electron chi connectivity index (χ3n) is 6.95. The standard InChI is InChI=1S/C29H47F6N5O9/c1-12(2)9-18(43)37-21(13(3)4)26(47)38-22(14(5)6)27(48)40-23(28(30,31)32)16(41)10-19(44)36-15(7)25(46)39-24(29(33,34)35)17(42)11-20(45)49-8/h12-17,21-24,41-42H,9-11H2,1-8H3,(H,36,44)(H,37,43)(H,38,47)(H,39,46)(H,40,48)/t15-,16-,17-,21-,22-,23+,24+/m0/s1. The van der Waals surface area contributed by atoms with Crippen LogP contribution in [0.5, 0.6) is 0 Å². The molecule has 0 spiro atoms. The van der Waals surface area contributed by atoms with E-state index >= 15 is 0 Å². The Morgan fingerprint density at radius 1 is 0.571 bits per heavy atom. The van der Waals surface area contributed by atoms with Crippen molar-refractivity contribution >= 4 is 35.5 Å². The van der Waals surface area contributed by atoms with Gasteiger partial charge < -0.3 is 41.5 Å². The summed E-state index contributed by atoms with van der Waals surface area (Å²) in [6, 6.07) is -10.7. The molecule has 0 radical (unpaired) electrons. The van der Waals surface area contributed by atoms with Crippen LogP contribution in [0.15, 0.2) is 0 Å². The Bertz CT molecular complexity index is 1150. The van der Waals surface area contributed by atoms with Crippen LogP contribution >= 0.6 is 0 Å². The summed E-state index contributed by atoms with van der Waals surface area (Å²) in [5.41, 5.74) is 0. The van der Waals surface area contributed by atoms with Crippen molar-refractivity contribution in [3.63, 3.8) is 0 Å². The van der Waals surface area contributed by atoms with Crippen molar-refractivity contribution in [3.05, 3.63) is 0 Å². The third kappa shape index (κ3) is 16.1. The second kappa shape index (κ2) is 19.5. The normalized spacial score (nSPS) is 16.5. The maximum absolute atomic E-state index is 14.0. The van der Waals surface area contributed by atoms with E-state index in [1.165, 1.54) is 19.2 Å². The molecule has 0 aliphatic carbocycles. The van der Waals surface area contributed by atoms with Crippen molar-refractivity contribution < 1.29 is 70.1 Å². The maximum Gasteiger partial charge on any atom is 0.411 e. The number of esters is 1. The molecule has 0 rings (SSSR count). The molecule has 20 heteroatoms. The van der Waals surface area contributed by atoms with Gasteiger partial charge in [0.05, 0.1) is 32.2 Å². The molecule has 49 heavy (non-hydrogen) atoms. The van der Waals surface area contributed by atoms with E-state index in [0.717, 1.165) is 14.0 Å². The van der Waals surface area contributed by atoms with E-state index in [0.29, 0.717) is 0 Å². The van der Waals surface area contributed by atoms with Crippen LogP contribution < -0.4 is 26.6 Å². The van der Waals surface area contributed by atoms with Gasteiger partial charge in [-0.15, -0.1) is 0 Å². The summed E-state index contributed by atoms with van der Waals surface area (Å²) in [5, 5.41) is 29.7. The van der Waals surface area contributed by atoms with Crippen LogP contribution in [-0.2, 0) is 33.5 Å². The number of nitrogens with one attached hydrogen (secondary N) is 5. The van der Waals surface area contributed by atoms with Gasteiger partial charge in [0.15, 0.2) is 12.1 Å². The first-order chi connectivity index (χ1) is 22.2. The minimum Gasteiger partial charge on any atom is -0.469 e. The van der Waals surface area contributed by atoms with Crippen LogP contribution in [0.4, 0.5) is 26.3 Å². The van der Waals surface area contributed by atoms with Crippen LogP contribution in [-0.4, -0.2) is 108 Å². The van der Waals surface area contributed by atoms with Gasteiger partial charge in [-0.1, -0.05) is 41.5 Å². The second-order valence-electron chi connectivity index (χ2n) is 12.6.